The molecule has 2 heterocycles. The Morgan fingerprint density at radius 1 is 1.00 bits per heavy atom. The Hall–Kier alpha value is -3.87. The van der Waals surface area contributed by atoms with Gasteiger partial charge in [-0.3, -0.25) is 9.79 Å². The van der Waals surface area contributed by atoms with E-state index in [4.69, 9.17) is 0 Å². The van der Waals surface area contributed by atoms with Gasteiger partial charge in [0.2, 0.25) is 5.88 Å². The zero-order valence-electron chi connectivity index (χ0n) is 14.4. The standard InChI is InChI=1S/C21H13F2N3O2/c22-13-8-9-18(17(23)11-13)25-12-16-14-5-1-2-6-15(14)20(27)26(21(16)28)19-7-3-4-10-24-19/h1-12,28H. The summed E-state index contributed by atoms with van der Waals surface area (Å²) in [5, 5.41) is 11.6. The van der Waals surface area contributed by atoms with Crippen molar-refractivity contribution >= 4 is 22.7 Å². The van der Waals surface area contributed by atoms with E-state index >= 15 is 0 Å². The van der Waals surface area contributed by atoms with Gasteiger partial charge in [0.25, 0.3) is 5.56 Å². The van der Waals surface area contributed by atoms with Gasteiger partial charge >= 0.3 is 0 Å². The van der Waals surface area contributed by atoms with Crippen LogP contribution in [0.3, 0.4) is 0 Å². The van der Waals surface area contributed by atoms with Crippen LogP contribution in [0.15, 0.2) is 76.6 Å². The van der Waals surface area contributed by atoms with Gasteiger partial charge in [0, 0.05) is 29.3 Å². The largest absolute Gasteiger partial charge is 0.494 e. The maximum Gasteiger partial charge on any atom is 0.267 e. The number of aromatic hydroxyl groups is 1. The first kappa shape index (κ1) is 17.5. The summed E-state index contributed by atoms with van der Waals surface area (Å²) in [6, 6.07) is 14.6. The molecule has 0 aliphatic heterocycles. The van der Waals surface area contributed by atoms with E-state index in [-0.39, 0.29) is 22.9 Å². The van der Waals surface area contributed by atoms with Crippen molar-refractivity contribution in [1.82, 2.24) is 9.55 Å². The molecule has 0 fully saturated rings. The van der Waals surface area contributed by atoms with Crippen LogP contribution in [-0.4, -0.2) is 20.9 Å². The third-order valence-electron chi connectivity index (χ3n) is 4.22. The molecule has 0 aliphatic rings. The van der Waals surface area contributed by atoms with Crippen molar-refractivity contribution in [2.75, 3.05) is 0 Å². The van der Waals surface area contributed by atoms with Crippen LogP contribution in [0.2, 0.25) is 0 Å². The smallest absolute Gasteiger partial charge is 0.267 e. The fourth-order valence-corrected chi connectivity index (χ4v) is 2.91. The van der Waals surface area contributed by atoms with Gasteiger partial charge in [0.05, 0.1) is 11.3 Å². The second-order valence-corrected chi connectivity index (χ2v) is 5.97. The molecule has 0 unspecified atom stereocenters. The van der Waals surface area contributed by atoms with E-state index < -0.39 is 17.2 Å². The molecule has 138 valence electrons. The highest BCUT2D eigenvalue weighted by Gasteiger charge is 2.16. The summed E-state index contributed by atoms with van der Waals surface area (Å²) < 4.78 is 28.0. The molecule has 2 aromatic carbocycles. The minimum absolute atomic E-state index is 0.0968. The number of pyridine rings is 2. The number of nitrogens with zero attached hydrogens (tertiary/aromatic N) is 3. The molecule has 1 N–H and O–H groups in total. The van der Waals surface area contributed by atoms with Crippen LogP contribution in [0.1, 0.15) is 5.56 Å². The van der Waals surface area contributed by atoms with E-state index in [0.29, 0.717) is 10.8 Å². The molecule has 28 heavy (non-hydrogen) atoms. The molecule has 0 atom stereocenters. The van der Waals surface area contributed by atoms with Gasteiger partial charge in [-0.2, -0.15) is 0 Å². The fraction of sp³-hybridized carbons (Fsp3) is 0. The number of hydrogen-bond donors (Lipinski definition) is 1. The molecular formula is C21H13F2N3O2. The van der Waals surface area contributed by atoms with Gasteiger partial charge in [-0.25, -0.2) is 18.3 Å². The fourth-order valence-electron chi connectivity index (χ4n) is 2.91. The number of hydrogen-bond acceptors (Lipinski definition) is 4. The van der Waals surface area contributed by atoms with Crippen molar-refractivity contribution < 1.29 is 13.9 Å². The summed E-state index contributed by atoms with van der Waals surface area (Å²) >= 11 is 0. The Balaban J connectivity index is 1.97. The Labute approximate surface area is 157 Å². The zero-order chi connectivity index (χ0) is 19.7. The molecule has 0 saturated carbocycles. The van der Waals surface area contributed by atoms with Crippen molar-refractivity contribution in [3.05, 3.63) is 94.4 Å². The zero-order valence-corrected chi connectivity index (χ0v) is 14.4. The molecule has 7 heteroatoms. The minimum atomic E-state index is -0.835. The molecule has 0 saturated heterocycles. The van der Waals surface area contributed by atoms with E-state index in [0.717, 1.165) is 16.7 Å². The van der Waals surface area contributed by atoms with Crippen molar-refractivity contribution in [2.45, 2.75) is 0 Å². The molecule has 0 radical (unpaired) electrons. The first-order valence-corrected chi connectivity index (χ1v) is 8.33. The lowest BCUT2D eigenvalue weighted by molar-refractivity contribution is 0.435. The first-order valence-electron chi connectivity index (χ1n) is 8.33. The van der Waals surface area contributed by atoms with E-state index in [1.807, 2.05) is 0 Å². The van der Waals surface area contributed by atoms with Crippen molar-refractivity contribution in [3.63, 3.8) is 0 Å². The molecule has 2 aromatic heterocycles. The molecule has 4 rings (SSSR count). The lowest BCUT2D eigenvalue weighted by atomic mass is 10.1. The quantitative estimate of drug-likeness (QED) is 0.546. The van der Waals surface area contributed by atoms with E-state index in [1.165, 1.54) is 18.5 Å². The molecular weight excluding hydrogens is 364 g/mol. The van der Waals surface area contributed by atoms with Gasteiger partial charge in [-0.15, -0.1) is 0 Å². The van der Waals surface area contributed by atoms with Crippen molar-refractivity contribution in [2.24, 2.45) is 4.99 Å². The number of fused-ring (bicyclic) bond motifs is 1. The summed E-state index contributed by atoms with van der Waals surface area (Å²) in [4.78, 5) is 21.0. The van der Waals surface area contributed by atoms with Crippen molar-refractivity contribution in [3.8, 4) is 11.7 Å². The predicted octanol–water partition coefficient (Wildman–Crippen LogP) is 4.12. The first-order chi connectivity index (χ1) is 13.6. The lowest BCUT2D eigenvalue weighted by Crippen LogP contribution is -2.20. The Morgan fingerprint density at radius 3 is 2.46 bits per heavy atom. The average Bonchev–Trinajstić information content (AvgIpc) is 2.70. The second kappa shape index (κ2) is 7.03. The van der Waals surface area contributed by atoms with Crippen LogP contribution in [0, 0.1) is 11.6 Å². The number of halogens is 2. The van der Waals surface area contributed by atoms with Crippen LogP contribution < -0.4 is 5.56 Å². The highest BCUT2D eigenvalue weighted by atomic mass is 19.1. The van der Waals surface area contributed by atoms with Gasteiger partial charge in [-0.05, 0) is 30.3 Å². The van der Waals surface area contributed by atoms with E-state index in [2.05, 4.69) is 9.98 Å². The van der Waals surface area contributed by atoms with Crippen molar-refractivity contribution in [1.29, 1.82) is 0 Å². The molecule has 0 amide bonds. The van der Waals surface area contributed by atoms with Gasteiger partial charge < -0.3 is 5.11 Å². The third kappa shape index (κ3) is 3.03. The molecule has 4 aromatic rings. The van der Waals surface area contributed by atoms with Crippen LogP contribution in [0.4, 0.5) is 14.5 Å². The summed E-state index contributed by atoms with van der Waals surface area (Å²) in [5.74, 6) is -1.70. The van der Waals surface area contributed by atoms with Gasteiger partial charge in [0.1, 0.15) is 11.6 Å². The normalized spacial score (nSPS) is 11.4. The Bertz CT molecular complexity index is 1270. The van der Waals surface area contributed by atoms with Crippen LogP contribution in [-0.2, 0) is 0 Å². The number of aromatic nitrogens is 2. The lowest BCUT2D eigenvalue weighted by Gasteiger charge is -2.12. The summed E-state index contributed by atoms with van der Waals surface area (Å²) in [5.41, 5.74) is -0.332. The second-order valence-electron chi connectivity index (χ2n) is 5.97. The average molecular weight is 377 g/mol. The van der Waals surface area contributed by atoms with Gasteiger partial charge in [-0.1, -0.05) is 24.3 Å². The summed E-state index contributed by atoms with van der Waals surface area (Å²) in [6.07, 6.45) is 2.74. The molecule has 0 spiro atoms. The number of rotatable bonds is 3. The SMILES string of the molecule is O=c1c2ccccc2c(C=Nc2ccc(F)cc2F)c(O)n1-c1ccccn1. The predicted molar refractivity (Wildman–Crippen MR) is 103 cm³/mol. The third-order valence-corrected chi connectivity index (χ3v) is 4.22. The summed E-state index contributed by atoms with van der Waals surface area (Å²) in [6.45, 7) is 0. The van der Waals surface area contributed by atoms with Crippen LogP contribution >= 0.6 is 0 Å². The molecule has 0 aliphatic carbocycles. The van der Waals surface area contributed by atoms with E-state index in [1.54, 1.807) is 42.5 Å². The van der Waals surface area contributed by atoms with E-state index in [9.17, 15) is 18.7 Å². The molecule has 0 bridgehead atoms. The maximum absolute atomic E-state index is 13.9. The highest BCUT2D eigenvalue weighted by Crippen LogP contribution is 2.26. The Kier molecular flexibility index (Phi) is 4.41. The summed E-state index contributed by atoms with van der Waals surface area (Å²) in [7, 11) is 0. The number of aliphatic imine (C=N–C) groups is 1. The topological polar surface area (TPSA) is 67.5 Å². The van der Waals surface area contributed by atoms with Crippen LogP contribution in [0.25, 0.3) is 16.6 Å². The van der Waals surface area contributed by atoms with Gasteiger partial charge in [0.15, 0.2) is 5.82 Å². The minimum Gasteiger partial charge on any atom is -0.494 e. The maximum atomic E-state index is 13.9. The number of benzene rings is 2. The highest BCUT2D eigenvalue weighted by molar-refractivity contribution is 6.02. The Morgan fingerprint density at radius 2 is 1.75 bits per heavy atom. The monoisotopic (exact) mass is 377 g/mol. The van der Waals surface area contributed by atoms with Crippen LogP contribution in [0.5, 0.6) is 5.88 Å². The molecule has 5 nitrogen and oxygen atoms in total.